The van der Waals surface area contributed by atoms with Gasteiger partial charge in [-0.3, -0.25) is 14.5 Å². The highest BCUT2D eigenvalue weighted by atomic mass is 16.5. The molecular formula is C24H36N4O3. The summed E-state index contributed by atoms with van der Waals surface area (Å²) >= 11 is 0. The fraction of sp³-hybridized carbons (Fsp3) is 0.667. The van der Waals surface area contributed by atoms with Gasteiger partial charge in [0.2, 0.25) is 11.8 Å². The Balaban J connectivity index is 1.22. The number of hydrogen-bond acceptors (Lipinski definition) is 5. The second-order valence-electron chi connectivity index (χ2n) is 9.00. The van der Waals surface area contributed by atoms with E-state index < -0.39 is 0 Å². The number of nitrogens with zero attached hydrogens (tertiary/aromatic N) is 4. The van der Waals surface area contributed by atoms with Gasteiger partial charge in [-0.15, -0.1) is 0 Å². The van der Waals surface area contributed by atoms with Crippen molar-refractivity contribution in [1.29, 1.82) is 0 Å². The van der Waals surface area contributed by atoms with E-state index in [1.54, 1.807) is 7.11 Å². The van der Waals surface area contributed by atoms with E-state index in [0.29, 0.717) is 12.5 Å². The second-order valence-corrected chi connectivity index (χ2v) is 9.00. The highest BCUT2D eigenvalue weighted by Gasteiger charge is 2.31. The van der Waals surface area contributed by atoms with Gasteiger partial charge < -0.3 is 19.4 Å². The van der Waals surface area contributed by atoms with Gasteiger partial charge in [-0.2, -0.15) is 0 Å². The van der Waals surface area contributed by atoms with Gasteiger partial charge in [0.15, 0.2) is 0 Å². The van der Waals surface area contributed by atoms with Gasteiger partial charge in [0, 0.05) is 64.0 Å². The van der Waals surface area contributed by atoms with Crippen LogP contribution in [0, 0.1) is 5.92 Å². The van der Waals surface area contributed by atoms with Crippen molar-refractivity contribution < 1.29 is 14.3 Å². The summed E-state index contributed by atoms with van der Waals surface area (Å²) in [6.45, 7) is 7.52. The van der Waals surface area contributed by atoms with Crippen molar-refractivity contribution in [3.63, 3.8) is 0 Å². The van der Waals surface area contributed by atoms with Gasteiger partial charge in [0.1, 0.15) is 5.75 Å². The van der Waals surface area contributed by atoms with Gasteiger partial charge in [-0.05, 0) is 56.4 Å². The summed E-state index contributed by atoms with van der Waals surface area (Å²) in [5, 5.41) is 0. The summed E-state index contributed by atoms with van der Waals surface area (Å²) in [6.07, 6.45) is 4.94. The lowest BCUT2D eigenvalue weighted by Crippen LogP contribution is -2.47. The van der Waals surface area contributed by atoms with E-state index in [1.165, 1.54) is 5.69 Å². The van der Waals surface area contributed by atoms with Crippen LogP contribution in [-0.4, -0.2) is 92.5 Å². The lowest BCUT2D eigenvalue weighted by Gasteiger charge is -2.34. The number of likely N-dealkylation sites (tertiary alicyclic amines) is 2. The van der Waals surface area contributed by atoms with Gasteiger partial charge in [-0.25, -0.2) is 0 Å². The zero-order chi connectivity index (χ0) is 21.6. The van der Waals surface area contributed by atoms with Crippen molar-refractivity contribution in [2.45, 2.75) is 32.1 Å². The smallest absolute Gasteiger partial charge is 0.236 e. The Hall–Kier alpha value is -2.28. The lowest BCUT2D eigenvalue weighted by molar-refractivity contribution is -0.140. The maximum absolute atomic E-state index is 12.9. The van der Waals surface area contributed by atoms with Crippen molar-refractivity contribution >= 4 is 17.5 Å². The first-order valence-electron chi connectivity index (χ1n) is 11.8. The Morgan fingerprint density at radius 2 is 1.55 bits per heavy atom. The fourth-order valence-corrected chi connectivity index (χ4v) is 5.04. The summed E-state index contributed by atoms with van der Waals surface area (Å²) in [6, 6.07) is 8.21. The molecule has 3 saturated heterocycles. The minimum Gasteiger partial charge on any atom is -0.497 e. The van der Waals surface area contributed by atoms with E-state index in [1.807, 2.05) is 21.9 Å². The molecule has 3 heterocycles. The summed E-state index contributed by atoms with van der Waals surface area (Å²) in [5.74, 6) is 1.51. The quantitative estimate of drug-likeness (QED) is 0.719. The van der Waals surface area contributed by atoms with Crippen LogP contribution < -0.4 is 9.64 Å². The third-order valence-corrected chi connectivity index (χ3v) is 7.00. The first-order chi connectivity index (χ1) is 15.1. The molecular weight excluding hydrogens is 392 g/mol. The van der Waals surface area contributed by atoms with Gasteiger partial charge >= 0.3 is 0 Å². The lowest BCUT2D eigenvalue weighted by atomic mass is 9.95. The van der Waals surface area contributed by atoms with Crippen molar-refractivity contribution in [3.05, 3.63) is 24.3 Å². The highest BCUT2D eigenvalue weighted by Crippen LogP contribution is 2.23. The number of rotatable bonds is 5. The minimum atomic E-state index is 0.110. The largest absolute Gasteiger partial charge is 0.497 e. The summed E-state index contributed by atoms with van der Waals surface area (Å²) in [7, 11) is 1.68. The molecule has 0 aliphatic carbocycles. The molecule has 0 unspecified atom stereocenters. The highest BCUT2D eigenvalue weighted by molar-refractivity contribution is 5.81. The zero-order valence-corrected chi connectivity index (χ0v) is 18.8. The molecule has 0 saturated carbocycles. The van der Waals surface area contributed by atoms with E-state index in [0.717, 1.165) is 90.2 Å². The molecule has 0 spiro atoms. The normalized spacial score (nSPS) is 21.3. The van der Waals surface area contributed by atoms with E-state index in [4.69, 9.17) is 4.74 Å². The number of piperidine rings is 1. The van der Waals surface area contributed by atoms with E-state index in [2.05, 4.69) is 21.9 Å². The van der Waals surface area contributed by atoms with Crippen LogP contribution in [0.3, 0.4) is 0 Å². The number of amides is 2. The molecule has 0 aromatic heterocycles. The molecule has 3 fully saturated rings. The molecule has 0 N–H and O–H groups in total. The molecule has 4 rings (SSSR count). The third-order valence-electron chi connectivity index (χ3n) is 7.00. The number of carbonyl (C=O) groups excluding carboxylic acids is 2. The Labute approximate surface area is 185 Å². The predicted molar refractivity (Wildman–Crippen MR) is 121 cm³/mol. The first-order valence-corrected chi connectivity index (χ1v) is 11.8. The number of benzene rings is 1. The molecule has 1 aromatic rings. The fourth-order valence-electron chi connectivity index (χ4n) is 5.04. The minimum absolute atomic E-state index is 0.110. The maximum Gasteiger partial charge on any atom is 0.236 e. The Morgan fingerprint density at radius 1 is 0.839 bits per heavy atom. The standard InChI is InChI=1S/C24H36N4O3/c1-31-22-7-5-21(6-8-22)26-14-4-11-25(17-18-26)19-23(29)27-15-9-20(10-16-27)24(30)28-12-2-3-13-28/h5-8,20H,2-4,9-19H2,1H3. The van der Waals surface area contributed by atoms with Crippen LogP contribution in [0.25, 0.3) is 0 Å². The number of hydrogen-bond donors (Lipinski definition) is 0. The van der Waals surface area contributed by atoms with Crippen LogP contribution in [0.4, 0.5) is 5.69 Å². The third kappa shape index (κ3) is 5.50. The first kappa shape index (κ1) is 21.9. The second kappa shape index (κ2) is 10.4. The topological polar surface area (TPSA) is 56.3 Å². The molecule has 3 aliphatic rings. The Morgan fingerprint density at radius 3 is 2.23 bits per heavy atom. The zero-order valence-electron chi connectivity index (χ0n) is 18.8. The van der Waals surface area contributed by atoms with Gasteiger partial charge in [0.25, 0.3) is 0 Å². The SMILES string of the molecule is COc1ccc(N2CCCN(CC(=O)N3CCC(C(=O)N4CCCC4)CC3)CC2)cc1. The van der Waals surface area contributed by atoms with Crippen LogP contribution in [0.5, 0.6) is 5.75 Å². The monoisotopic (exact) mass is 428 g/mol. The molecule has 7 heteroatoms. The van der Waals surface area contributed by atoms with E-state index in [9.17, 15) is 9.59 Å². The average Bonchev–Trinajstić information content (AvgIpc) is 3.26. The van der Waals surface area contributed by atoms with Gasteiger partial charge in [-0.1, -0.05) is 0 Å². The van der Waals surface area contributed by atoms with Crippen LogP contribution >= 0.6 is 0 Å². The molecule has 7 nitrogen and oxygen atoms in total. The van der Waals surface area contributed by atoms with Crippen LogP contribution in [0.1, 0.15) is 32.1 Å². The van der Waals surface area contributed by atoms with Crippen molar-refractivity contribution in [2.24, 2.45) is 5.92 Å². The number of carbonyl (C=O) groups is 2. The maximum atomic E-state index is 12.9. The number of methoxy groups -OCH3 is 1. The predicted octanol–water partition coefficient (Wildman–Crippen LogP) is 2.07. The van der Waals surface area contributed by atoms with E-state index in [-0.39, 0.29) is 11.8 Å². The molecule has 0 atom stereocenters. The summed E-state index contributed by atoms with van der Waals surface area (Å²) in [5.41, 5.74) is 1.21. The molecule has 3 aliphatic heterocycles. The number of ether oxygens (including phenoxy) is 1. The van der Waals surface area contributed by atoms with Gasteiger partial charge in [0.05, 0.1) is 13.7 Å². The van der Waals surface area contributed by atoms with Crippen LogP contribution in [0.2, 0.25) is 0 Å². The van der Waals surface area contributed by atoms with Crippen molar-refractivity contribution in [2.75, 3.05) is 70.9 Å². The van der Waals surface area contributed by atoms with E-state index >= 15 is 0 Å². The van der Waals surface area contributed by atoms with Crippen molar-refractivity contribution in [3.8, 4) is 5.75 Å². The van der Waals surface area contributed by atoms with Crippen LogP contribution in [-0.2, 0) is 9.59 Å². The molecule has 0 bridgehead atoms. The molecule has 31 heavy (non-hydrogen) atoms. The Kier molecular flexibility index (Phi) is 7.33. The molecule has 170 valence electrons. The van der Waals surface area contributed by atoms with Crippen LogP contribution in [0.15, 0.2) is 24.3 Å². The average molecular weight is 429 g/mol. The number of anilines is 1. The molecule has 0 radical (unpaired) electrons. The summed E-state index contributed by atoms with van der Waals surface area (Å²) in [4.78, 5) is 34.2. The Bertz CT molecular complexity index is 740. The molecule has 2 amide bonds. The molecule has 1 aromatic carbocycles. The van der Waals surface area contributed by atoms with Crippen molar-refractivity contribution in [1.82, 2.24) is 14.7 Å². The summed E-state index contributed by atoms with van der Waals surface area (Å²) < 4.78 is 5.26.